The molecule has 0 unspecified atom stereocenters. The Morgan fingerprint density at radius 3 is 2.55 bits per heavy atom. The van der Waals surface area contributed by atoms with E-state index in [2.05, 4.69) is 36.1 Å². The van der Waals surface area contributed by atoms with E-state index in [1.165, 1.54) is 11.1 Å². The van der Waals surface area contributed by atoms with E-state index in [9.17, 15) is 0 Å². The van der Waals surface area contributed by atoms with Crippen molar-refractivity contribution >= 4 is 5.57 Å². The average molecular weight is 142 g/mol. The van der Waals surface area contributed by atoms with Crippen molar-refractivity contribution in [1.82, 2.24) is 0 Å². The van der Waals surface area contributed by atoms with E-state index < -0.39 is 0 Å². The molecule has 0 heterocycles. The summed E-state index contributed by atoms with van der Waals surface area (Å²) in [5.41, 5.74) is 5.94. The van der Waals surface area contributed by atoms with E-state index in [4.69, 9.17) is 0 Å². The van der Waals surface area contributed by atoms with Gasteiger partial charge in [-0.25, -0.2) is 0 Å². The number of hydrogen-bond acceptors (Lipinski definition) is 0. The number of hydrogen-bond donors (Lipinski definition) is 0. The molecule has 0 heteroatoms. The van der Waals surface area contributed by atoms with E-state index in [0.29, 0.717) is 0 Å². The van der Waals surface area contributed by atoms with Crippen LogP contribution in [0.4, 0.5) is 0 Å². The van der Waals surface area contributed by atoms with Crippen LogP contribution in [-0.4, -0.2) is 0 Å². The number of allylic oxidation sites excluding steroid dienone is 1. The second-order valence-electron chi connectivity index (χ2n) is 2.73. The lowest BCUT2D eigenvalue weighted by Crippen LogP contribution is -1.77. The summed E-state index contributed by atoms with van der Waals surface area (Å²) in [5.74, 6) is 0. The van der Waals surface area contributed by atoms with Crippen LogP contribution in [-0.2, 0) is 0 Å². The lowest BCUT2D eigenvalue weighted by molar-refractivity contribution is 1.10. The van der Waals surface area contributed by atoms with Crippen LogP contribution in [0.2, 0.25) is 0 Å². The van der Waals surface area contributed by atoms with Gasteiger partial charge in [-0.3, -0.25) is 0 Å². The number of benzene rings is 1. The Hall–Kier alpha value is -1.26. The van der Waals surface area contributed by atoms with Crippen molar-refractivity contribution in [2.24, 2.45) is 0 Å². The van der Waals surface area contributed by atoms with Gasteiger partial charge in [0.25, 0.3) is 0 Å². The minimum atomic E-state index is 1.16. The molecular weight excluding hydrogens is 132 g/mol. The summed E-state index contributed by atoms with van der Waals surface area (Å²) in [5, 5.41) is 0. The summed E-state index contributed by atoms with van der Waals surface area (Å²) in [6.07, 6.45) is 4.43. The van der Waals surface area contributed by atoms with Crippen LogP contribution in [0.3, 0.4) is 0 Å². The maximum Gasteiger partial charge on any atom is 0.00120 e. The summed E-state index contributed by atoms with van der Waals surface area (Å²) in [4.78, 5) is 0. The Kier molecular flexibility index (Phi) is 1.63. The van der Waals surface area contributed by atoms with Crippen molar-refractivity contribution in [3.63, 3.8) is 0 Å². The molecule has 0 saturated heterocycles. The first kappa shape index (κ1) is 6.45. The van der Waals surface area contributed by atoms with Crippen LogP contribution in [0, 0.1) is 0 Å². The van der Waals surface area contributed by atoms with Gasteiger partial charge in [-0.05, 0) is 24.5 Å². The first-order valence-electron chi connectivity index (χ1n) is 3.96. The van der Waals surface area contributed by atoms with Crippen molar-refractivity contribution in [2.45, 2.75) is 12.8 Å². The molecule has 1 aliphatic carbocycles. The minimum absolute atomic E-state index is 1.16. The highest BCUT2D eigenvalue weighted by molar-refractivity contribution is 5.66. The second-order valence-corrected chi connectivity index (χ2v) is 2.73. The summed E-state index contributed by atoms with van der Waals surface area (Å²) in [6, 6.07) is 10.5. The third-order valence-electron chi connectivity index (χ3n) is 1.94. The van der Waals surface area contributed by atoms with Crippen molar-refractivity contribution < 1.29 is 0 Å². The first-order chi connectivity index (χ1) is 5.47. The molecule has 0 saturated carbocycles. The SMILES string of the molecule is C1=CCCC=1c1ccccc1. The summed E-state index contributed by atoms with van der Waals surface area (Å²) in [6.45, 7) is 0. The molecule has 0 aliphatic heterocycles. The Balaban J connectivity index is 2.38. The molecule has 0 amide bonds. The largest absolute Gasteiger partial charge is 0.121 e. The lowest BCUT2D eigenvalue weighted by atomic mass is 10.1. The maximum atomic E-state index is 3.26. The van der Waals surface area contributed by atoms with E-state index in [-0.39, 0.29) is 0 Å². The van der Waals surface area contributed by atoms with Crippen LogP contribution in [0.25, 0.3) is 5.57 Å². The highest BCUT2D eigenvalue weighted by atomic mass is 14.0. The van der Waals surface area contributed by atoms with Crippen molar-refractivity contribution in [3.05, 3.63) is 47.7 Å². The lowest BCUT2D eigenvalue weighted by Gasteiger charge is -1.97. The molecule has 11 heavy (non-hydrogen) atoms. The molecular formula is C11H10. The van der Waals surface area contributed by atoms with E-state index in [0.717, 1.165) is 12.8 Å². The normalized spacial score (nSPS) is 15.1. The predicted molar refractivity (Wildman–Crippen MR) is 47.2 cm³/mol. The van der Waals surface area contributed by atoms with Gasteiger partial charge in [-0.2, -0.15) is 0 Å². The van der Waals surface area contributed by atoms with Crippen LogP contribution in [0.1, 0.15) is 18.4 Å². The molecule has 0 bridgehead atoms. The van der Waals surface area contributed by atoms with Gasteiger partial charge < -0.3 is 0 Å². The van der Waals surface area contributed by atoms with Gasteiger partial charge in [-0.1, -0.05) is 30.3 Å². The van der Waals surface area contributed by atoms with Gasteiger partial charge in [0.2, 0.25) is 0 Å². The standard InChI is InChI=1S/C11H10/c1-2-6-10(7-3-1)11-8-4-5-9-11/h1-4,6-7H,5,9H2. The molecule has 0 spiro atoms. The van der Waals surface area contributed by atoms with E-state index >= 15 is 0 Å². The molecule has 54 valence electrons. The topological polar surface area (TPSA) is 0 Å². The summed E-state index contributed by atoms with van der Waals surface area (Å²) < 4.78 is 0. The van der Waals surface area contributed by atoms with Gasteiger partial charge >= 0.3 is 0 Å². The molecule has 0 radical (unpaired) electrons. The summed E-state index contributed by atoms with van der Waals surface area (Å²) in [7, 11) is 0. The zero-order valence-electron chi connectivity index (χ0n) is 6.38. The molecule has 1 aromatic rings. The Morgan fingerprint density at radius 2 is 1.91 bits per heavy atom. The molecule has 1 aromatic carbocycles. The average Bonchev–Trinajstić information content (AvgIpc) is 2.58. The van der Waals surface area contributed by atoms with Gasteiger partial charge in [0.05, 0.1) is 0 Å². The molecule has 0 nitrogen and oxygen atoms in total. The van der Waals surface area contributed by atoms with Gasteiger partial charge in [0.1, 0.15) is 0 Å². The quantitative estimate of drug-likeness (QED) is 0.529. The number of rotatable bonds is 1. The van der Waals surface area contributed by atoms with Gasteiger partial charge in [0.15, 0.2) is 0 Å². The molecule has 1 aliphatic rings. The van der Waals surface area contributed by atoms with Crippen LogP contribution in [0.5, 0.6) is 0 Å². The molecule has 2 rings (SSSR count). The van der Waals surface area contributed by atoms with Crippen LogP contribution < -0.4 is 0 Å². The van der Waals surface area contributed by atoms with Crippen molar-refractivity contribution in [3.8, 4) is 0 Å². The highest BCUT2D eigenvalue weighted by Gasteiger charge is 2.01. The smallest absolute Gasteiger partial charge is 0.00120 e. The third-order valence-corrected chi connectivity index (χ3v) is 1.94. The third kappa shape index (κ3) is 1.26. The van der Waals surface area contributed by atoms with Crippen LogP contribution in [0.15, 0.2) is 42.1 Å². The second kappa shape index (κ2) is 2.77. The fourth-order valence-electron chi connectivity index (χ4n) is 1.35. The highest BCUT2D eigenvalue weighted by Crippen LogP contribution is 2.22. The van der Waals surface area contributed by atoms with Crippen LogP contribution >= 0.6 is 0 Å². The molecule has 0 atom stereocenters. The van der Waals surface area contributed by atoms with Crippen molar-refractivity contribution in [1.29, 1.82) is 0 Å². The molecule has 0 fully saturated rings. The van der Waals surface area contributed by atoms with Gasteiger partial charge in [-0.15, -0.1) is 5.73 Å². The zero-order valence-corrected chi connectivity index (χ0v) is 6.38. The first-order valence-corrected chi connectivity index (χ1v) is 3.96. The predicted octanol–water partition coefficient (Wildman–Crippen LogP) is 3.02. The maximum absolute atomic E-state index is 3.26. The van der Waals surface area contributed by atoms with E-state index in [1.807, 2.05) is 6.07 Å². The Morgan fingerprint density at radius 1 is 1.09 bits per heavy atom. The fraction of sp³-hybridized carbons (Fsp3) is 0.182. The van der Waals surface area contributed by atoms with Crippen molar-refractivity contribution in [2.75, 3.05) is 0 Å². The Labute approximate surface area is 66.9 Å². The van der Waals surface area contributed by atoms with Gasteiger partial charge in [0, 0.05) is 5.57 Å². The zero-order chi connectivity index (χ0) is 7.52. The molecule has 0 aromatic heterocycles. The Bertz CT molecular complexity index is 300. The summed E-state index contributed by atoms with van der Waals surface area (Å²) >= 11 is 0. The van der Waals surface area contributed by atoms with E-state index in [1.54, 1.807) is 0 Å². The minimum Gasteiger partial charge on any atom is -0.121 e. The molecule has 0 N–H and O–H groups in total. The fourth-order valence-corrected chi connectivity index (χ4v) is 1.35. The monoisotopic (exact) mass is 142 g/mol.